The number of hydrogen-bond donors (Lipinski definition) is 1. The minimum atomic E-state index is -0.681. The van der Waals surface area contributed by atoms with E-state index >= 15 is 0 Å². The molecule has 1 fully saturated rings. The zero-order valence-electron chi connectivity index (χ0n) is 12.0. The molecule has 1 amide bonds. The van der Waals surface area contributed by atoms with Gasteiger partial charge >= 0.3 is 0 Å². The summed E-state index contributed by atoms with van der Waals surface area (Å²) < 4.78 is 0. The zero-order valence-corrected chi connectivity index (χ0v) is 12.8. The molecule has 0 aliphatic carbocycles. The van der Waals surface area contributed by atoms with Crippen molar-refractivity contribution in [2.45, 2.75) is 59.4 Å². The minimum Gasteiger partial charge on any atom is -0.392 e. The molecule has 0 aromatic rings. The number of thiocarbonyl (C=S) groups is 1. The number of likely N-dealkylation sites (tertiary alicyclic amines) is 1. The van der Waals surface area contributed by atoms with Gasteiger partial charge in [0.05, 0.1) is 10.4 Å². The predicted octanol–water partition coefficient (Wildman–Crippen LogP) is 2.73. The van der Waals surface area contributed by atoms with Crippen molar-refractivity contribution < 1.29 is 4.79 Å². The molecule has 3 nitrogen and oxygen atoms in total. The summed E-state index contributed by atoms with van der Waals surface area (Å²) in [7, 11) is 0. The second kappa shape index (κ2) is 6.00. The number of hydrogen-bond acceptors (Lipinski definition) is 2. The molecule has 0 saturated carbocycles. The van der Waals surface area contributed by atoms with Crippen LogP contribution in [0.2, 0.25) is 0 Å². The van der Waals surface area contributed by atoms with Gasteiger partial charge in [0.15, 0.2) is 0 Å². The van der Waals surface area contributed by atoms with E-state index < -0.39 is 5.41 Å². The predicted molar refractivity (Wildman–Crippen MR) is 79.4 cm³/mol. The molecule has 0 spiro atoms. The van der Waals surface area contributed by atoms with Crippen molar-refractivity contribution in [1.82, 2.24) is 4.90 Å². The Morgan fingerprint density at radius 3 is 2.50 bits per heavy atom. The summed E-state index contributed by atoms with van der Waals surface area (Å²) in [4.78, 5) is 15.0. The van der Waals surface area contributed by atoms with Crippen molar-refractivity contribution in [3.05, 3.63) is 0 Å². The number of amides is 1. The topological polar surface area (TPSA) is 46.3 Å². The maximum absolute atomic E-state index is 12.7. The third-order valence-electron chi connectivity index (χ3n) is 4.54. The van der Waals surface area contributed by atoms with E-state index in [-0.39, 0.29) is 5.91 Å². The molecule has 0 aromatic heterocycles. The number of carbonyl (C=O) groups is 1. The normalized spacial score (nSPS) is 27.7. The van der Waals surface area contributed by atoms with E-state index in [1.54, 1.807) is 0 Å². The van der Waals surface area contributed by atoms with Gasteiger partial charge < -0.3 is 10.6 Å². The number of nitrogens with zero attached hydrogens (tertiary/aromatic N) is 1. The van der Waals surface area contributed by atoms with Crippen molar-refractivity contribution in [3.63, 3.8) is 0 Å². The number of nitrogens with two attached hydrogens (primary N) is 1. The quantitative estimate of drug-likeness (QED) is 0.799. The first-order valence-electron chi connectivity index (χ1n) is 6.97. The minimum absolute atomic E-state index is 0.114. The van der Waals surface area contributed by atoms with Gasteiger partial charge in [-0.2, -0.15) is 0 Å². The summed E-state index contributed by atoms with van der Waals surface area (Å²) >= 11 is 5.10. The van der Waals surface area contributed by atoms with Crippen LogP contribution >= 0.6 is 12.2 Å². The fourth-order valence-electron chi connectivity index (χ4n) is 2.55. The summed E-state index contributed by atoms with van der Waals surface area (Å²) in [6.45, 7) is 9.02. The first kappa shape index (κ1) is 15.4. The Hall–Kier alpha value is -0.640. The first-order valence-corrected chi connectivity index (χ1v) is 7.38. The molecule has 0 bridgehead atoms. The lowest BCUT2D eigenvalue weighted by Crippen LogP contribution is -2.54. The highest BCUT2D eigenvalue weighted by Gasteiger charge is 2.41. The molecule has 1 heterocycles. The molecule has 18 heavy (non-hydrogen) atoms. The molecular formula is C14H26N2OS. The summed E-state index contributed by atoms with van der Waals surface area (Å²) in [6, 6.07) is 0.306. The molecule has 4 heteroatoms. The molecule has 2 N–H and O–H groups in total. The molecule has 1 aliphatic rings. The molecule has 1 aliphatic heterocycles. The van der Waals surface area contributed by atoms with Crippen LogP contribution in [-0.4, -0.2) is 28.4 Å². The Kier molecular flexibility index (Phi) is 5.14. The second-order valence-electron chi connectivity index (χ2n) is 5.71. The van der Waals surface area contributed by atoms with Gasteiger partial charge in [0, 0.05) is 12.6 Å². The number of piperidine rings is 1. The van der Waals surface area contributed by atoms with Crippen LogP contribution in [0.15, 0.2) is 0 Å². The summed E-state index contributed by atoms with van der Waals surface area (Å²) in [5.74, 6) is 0.737. The van der Waals surface area contributed by atoms with E-state index in [2.05, 4.69) is 13.8 Å². The third kappa shape index (κ3) is 2.85. The van der Waals surface area contributed by atoms with Crippen molar-refractivity contribution >= 4 is 23.1 Å². The zero-order chi connectivity index (χ0) is 13.9. The van der Waals surface area contributed by atoms with Gasteiger partial charge in [-0.25, -0.2) is 0 Å². The fraction of sp³-hybridized carbons (Fsp3) is 0.857. The van der Waals surface area contributed by atoms with Gasteiger partial charge in [-0.15, -0.1) is 0 Å². The maximum atomic E-state index is 12.7. The average Bonchev–Trinajstić information content (AvgIpc) is 2.37. The van der Waals surface area contributed by atoms with Crippen LogP contribution in [0, 0.1) is 11.3 Å². The maximum Gasteiger partial charge on any atom is 0.235 e. The molecule has 3 unspecified atom stereocenters. The second-order valence-corrected chi connectivity index (χ2v) is 6.15. The van der Waals surface area contributed by atoms with Crippen LogP contribution in [0.25, 0.3) is 0 Å². The Morgan fingerprint density at radius 1 is 1.44 bits per heavy atom. The van der Waals surface area contributed by atoms with Crippen LogP contribution in [0.3, 0.4) is 0 Å². The van der Waals surface area contributed by atoms with Gasteiger partial charge in [-0.3, -0.25) is 4.79 Å². The van der Waals surface area contributed by atoms with E-state index in [1.165, 1.54) is 6.42 Å². The Balaban J connectivity index is 2.90. The van der Waals surface area contributed by atoms with Crippen LogP contribution < -0.4 is 5.73 Å². The lowest BCUT2D eigenvalue weighted by atomic mass is 9.83. The summed E-state index contributed by atoms with van der Waals surface area (Å²) in [5, 5.41) is 0. The Labute approximate surface area is 116 Å². The Bertz CT molecular complexity index is 332. The van der Waals surface area contributed by atoms with Crippen LogP contribution in [0.5, 0.6) is 0 Å². The summed E-state index contributed by atoms with van der Waals surface area (Å²) in [5.41, 5.74) is 5.10. The monoisotopic (exact) mass is 270 g/mol. The average molecular weight is 270 g/mol. The highest BCUT2D eigenvalue weighted by Crippen LogP contribution is 2.31. The number of carbonyl (C=O) groups excluding carboxylic acids is 1. The molecule has 1 rings (SSSR count). The fourth-order valence-corrected chi connectivity index (χ4v) is 2.78. The molecule has 0 radical (unpaired) electrons. The van der Waals surface area contributed by atoms with E-state index in [9.17, 15) is 4.79 Å². The third-order valence-corrected chi connectivity index (χ3v) is 4.99. The highest BCUT2D eigenvalue weighted by atomic mass is 32.1. The Morgan fingerprint density at radius 2 is 2.06 bits per heavy atom. The van der Waals surface area contributed by atoms with Crippen LogP contribution in [0.4, 0.5) is 0 Å². The van der Waals surface area contributed by atoms with Crippen molar-refractivity contribution in [1.29, 1.82) is 0 Å². The first-order chi connectivity index (χ1) is 8.36. The summed E-state index contributed by atoms with van der Waals surface area (Å²) in [6.07, 6.45) is 4.10. The smallest absolute Gasteiger partial charge is 0.235 e. The molecule has 1 saturated heterocycles. The molecule has 104 valence electrons. The molecule has 3 atom stereocenters. The van der Waals surface area contributed by atoms with Gasteiger partial charge in [-0.1, -0.05) is 32.5 Å². The molecular weight excluding hydrogens is 244 g/mol. The van der Waals surface area contributed by atoms with Gasteiger partial charge in [0.1, 0.15) is 0 Å². The van der Waals surface area contributed by atoms with E-state index in [0.29, 0.717) is 23.4 Å². The van der Waals surface area contributed by atoms with Gasteiger partial charge in [0.2, 0.25) is 5.91 Å². The van der Waals surface area contributed by atoms with E-state index in [1.807, 2.05) is 18.7 Å². The van der Waals surface area contributed by atoms with Crippen LogP contribution in [-0.2, 0) is 4.79 Å². The van der Waals surface area contributed by atoms with Crippen LogP contribution in [0.1, 0.15) is 53.4 Å². The van der Waals surface area contributed by atoms with Crippen molar-refractivity contribution in [2.75, 3.05) is 6.54 Å². The molecule has 0 aromatic carbocycles. The highest BCUT2D eigenvalue weighted by molar-refractivity contribution is 7.80. The van der Waals surface area contributed by atoms with Crippen molar-refractivity contribution in [3.8, 4) is 0 Å². The standard InChI is InChI=1S/C14H26N2OS/c1-5-11-8-7-10(3)16(9-11)13(17)14(4,6-2)12(15)18/h10-11H,5-9H2,1-4H3,(H2,15,18). The van der Waals surface area contributed by atoms with Crippen molar-refractivity contribution in [2.24, 2.45) is 17.1 Å². The largest absolute Gasteiger partial charge is 0.392 e. The SMILES string of the molecule is CCC1CCC(C)N(C(=O)C(C)(CC)C(N)=S)C1. The van der Waals surface area contributed by atoms with E-state index in [0.717, 1.165) is 19.4 Å². The van der Waals surface area contributed by atoms with E-state index in [4.69, 9.17) is 18.0 Å². The number of rotatable bonds is 4. The van der Waals surface area contributed by atoms with Gasteiger partial charge in [-0.05, 0) is 39.0 Å². The lowest BCUT2D eigenvalue weighted by molar-refractivity contribution is -0.142. The van der Waals surface area contributed by atoms with Gasteiger partial charge in [0.25, 0.3) is 0 Å². The lowest BCUT2D eigenvalue weighted by Gasteiger charge is -2.42.